The van der Waals surface area contributed by atoms with E-state index in [0.717, 1.165) is 19.3 Å². The lowest BCUT2D eigenvalue weighted by Crippen LogP contribution is -2.41. The van der Waals surface area contributed by atoms with Crippen molar-refractivity contribution in [2.75, 3.05) is 19.8 Å². The highest BCUT2D eigenvalue weighted by atomic mass is 16.6. The summed E-state index contributed by atoms with van der Waals surface area (Å²) in [5, 5.41) is 0. The molecule has 0 saturated carbocycles. The average Bonchev–Trinajstić information content (AvgIpc) is 2.89. The summed E-state index contributed by atoms with van der Waals surface area (Å²) < 4.78 is 10.1. The van der Waals surface area contributed by atoms with Crippen LogP contribution >= 0.6 is 0 Å². The minimum absolute atomic E-state index is 0.0779. The number of likely N-dealkylation sites (tertiary alicyclic amines) is 1. The number of amides is 1. The first-order valence-electron chi connectivity index (χ1n) is 7.09. The molecular weight excluding hydrogens is 258 g/mol. The highest BCUT2D eigenvalue weighted by Crippen LogP contribution is 2.19. The van der Waals surface area contributed by atoms with Crippen LogP contribution in [0.1, 0.15) is 39.5 Å². The van der Waals surface area contributed by atoms with Gasteiger partial charge in [-0.1, -0.05) is 19.8 Å². The maximum Gasteiger partial charge on any atom is 0.411 e. The summed E-state index contributed by atoms with van der Waals surface area (Å²) >= 11 is 0. The molecule has 1 aliphatic rings. The van der Waals surface area contributed by atoms with Crippen LogP contribution in [0.15, 0.2) is 0 Å². The van der Waals surface area contributed by atoms with Crippen LogP contribution in [0.3, 0.4) is 0 Å². The van der Waals surface area contributed by atoms with Gasteiger partial charge in [-0.05, 0) is 31.6 Å². The molecule has 0 radical (unpaired) electrons. The Bertz CT molecular complexity index is 373. The first-order chi connectivity index (χ1) is 9.56. The third-order valence-electron chi connectivity index (χ3n) is 3.21. The largest absolute Gasteiger partial charge is 0.464 e. The summed E-state index contributed by atoms with van der Waals surface area (Å²) in [7, 11) is 0. The van der Waals surface area contributed by atoms with Crippen LogP contribution in [-0.2, 0) is 14.3 Å². The van der Waals surface area contributed by atoms with Gasteiger partial charge in [-0.3, -0.25) is 4.90 Å². The second-order valence-electron chi connectivity index (χ2n) is 5.31. The van der Waals surface area contributed by atoms with Crippen LogP contribution in [0.4, 0.5) is 4.79 Å². The third-order valence-corrected chi connectivity index (χ3v) is 3.21. The van der Waals surface area contributed by atoms with Gasteiger partial charge in [0, 0.05) is 6.54 Å². The van der Waals surface area contributed by atoms with Gasteiger partial charge in [-0.2, -0.15) is 0 Å². The molecule has 0 aliphatic carbocycles. The lowest BCUT2D eigenvalue weighted by atomic mass is 10.1. The Hall–Kier alpha value is -1.70. The summed E-state index contributed by atoms with van der Waals surface area (Å²) in [5.41, 5.74) is 0. The summed E-state index contributed by atoms with van der Waals surface area (Å²) in [4.78, 5) is 25.1. The van der Waals surface area contributed by atoms with E-state index in [1.807, 2.05) is 0 Å². The SMILES string of the molecule is C#CCOC(=O)N1CCCC1C(=O)OCCCC(C)C. The summed E-state index contributed by atoms with van der Waals surface area (Å²) in [6.07, 6.45) is 7.76. The molecule has 0 aromatic carbocycles. The maximum absolute atomic E-state index is 12.0. The van der Waals surface area contributed by atoms with Crippen molar-refractivity contribution >= 4 is 12.1 Å². The van der Waals surface area contributed by atoms with Crippen molar-refractivity contribution in [2.45, 2.75) is 45.6 Å². The minimum atomic E-state index is -0.537. The van der Waals surface area contributed by atoms with Crippen molar-refractivity contribution < 1.29 is 19.1 Å². The van der Waals surface area contributed by atoms with Crippen LogP contribution < -0.4 is 0 Å². The molecule has 0 aromatic heterocycles. The fourth-order valence-electron chi connectivity index (χ4n) is 2.18. The van der Waals surface area contributed by atoms with Crippen molar-refractivity contribution in [3.63, 3.8) is 0 Å². The smallest absolute Gasteiger partial charge is 0.411 e. The highest BCUT2D eigenvalue weighted by molar-refractivity contribution is 5.82. The first kappa shape index (κ1) is 16.4. The van der Waals surface area contributed by atoms with Crippen LogP contribution in [0.2, 0.25) is 0 Å². The molecule has 0 N–H and O–H groups in total. The Balaban J connectivity index is 2.38. The predicted molar refractivity (Wildman–Crippen MR) is 74.9 cm³/mol. The van der Waals surface area contributed by atoms with Gasteiger partial charge in [0.05, 0.1) is 6.61 Å². The van der Waals surface area contributed by atoms with Gasteiger partial charge < -0.3 is 9.47 Å². The van der Waals surface area contributed by atoms with Crippen LogP contribution in [-0.4, -0.2) is 42.8 Å². The summed E-state index contributed by atoms with van der Waals surface area (Å²) in [6, 6.07) is -0.528. The highest BCUT2D eigenvalue weighted by Gasteiger charge is 2.36. The quantitative estimate of drug-likeness (QED) is 0.425. The Morgan fingerprint density at radius 1 is 1.40 bits per heavy atom. The number of carbonyl (C=O) groups is 2. The van der Waals surface area contributed by atoms with Crippen LogP contribution in [0.5, 0.6) is 0 Å². The number of esters is 1. The second-order valence-corrected chi connectivity index (χ2v) is 5.31. The topological polar surface area (TPSA) is 55.8 Å². The maximum atomic E-state index is 12.0. The Labute approximate surface area is 120 Å². The number of rotatable bonds is 6. The minimum Gasteiger partial charge on any atom is -0.464 e. The molecule has 1 saturated heterocycles. The molecule has 1 fully saturated rings. The van der Waals surface area contributed by atoms with Crippen molar-refractivity contribution in [1.29, 1.82) is 0 Å². The van der Waals surface area contributed by atoms with Gasteiger partial charge in [-0.25, -0.2) is 9.59 Å². The van der Waals surface area contributed by atoms with Crippen LogP contribution in [0.25, 0.3) is 0 Å². The van der Waals surface area contributed by atoms with Crippen LogP contribution in [0, 0.1) is 18.3 Å². The molecule has 0 bridgehead atoms. The van der Waals surface area contributed by atoms with Gasteiger partial charge in [0.25, 0.3) is 0 Å². The normalized spacial score (nSPS) is 17.9. The van der Waals surface area contributed by atoms with Crippen molar-refractivity contribution in [2.24, 2.45) is 5.92 Å². The zero-order valence-electron chi connectivity index (χ0n) is 12.3. The molecule has 112 valence electrons. The zero-order chi connectivity index (χ0) is 15.0. The zero-order valence-corrected chi connectivity index (χ0v) is 12.3. The lowest BCUT2D eigenvalue weighted by Gasteiger charge is -2.22. The number of terminal acetylenes is 1. The van der Waals surface area contributed by atoms with E-state index in [9.17, 15) is 9.59 Å². The van der Waals surface area contributed by atoms with E-state index >= 15 is 0 Å². The molecule has 1 aliphatic heterocycles. The van der Waals surface area contributed by atoms with E-state index in [4.69, 9.17) is 15.9 Å². The molecule has 1 rings (SSSR count). The predicted octanol–water partition coefficient (Wildman–Crippen LogP) is 2.20. The first-order valence-corrected chi connectivity index (χ1v) is 7.09. The number of hydrogen-bond acceptors (Lipinski definition) is 4. The number of ether oxygens (including phenoxy) is 2. The molecular formula is C15H23NO4. The van der Waals surface area contributed by atoms with E-state index in [1.54, 1.807) is 0 Å². The number of nitrogens with zero attached hydrogens (tertiary/aromatic N) is 1. The van der Waals surface area contributed by atoms with E-state index in [1.165, 1.54) is 4.90 Å². The molecule has 1 heterocycles. The Morgan fingerprint density at radius 3 is 2.80 bits per heavy atom. The molecule has 1 atom stereocenters. The van der Waals surface area contributed by atoms with E-state index in [-0.39, 0.29) is 12.6 Å². The van der Waals surface area contributed by atoms with E-state index in [2.05, 4.69) is 19.8 Å². The fraction of sp³-hybridized carbons (Fsp3) is 0.733. The Kier molecular flexibility index (Phi) is 6.92. The molecule has 1 amide bonds. The van der Waals surface area contributed by atoms with Gasteiger partial charge in [0.1, 0.15) is 6.04 Å². The Morgan fingerprint density at radius 2 is 2.15 bits per heavy atom. The standard InChI is InChI=1S/C15H23NO4/c1-4-10-20-15(18)16-9-5-8-13(16)14(17)19-11-6-7-12(2)3/h1,12-13H,5-11H2,2-3H3. The number of hydrogen-bond donors (Lipinski definition) is 0. The number of carbonyl (C=O) groups excluding carboxylic acids is 2. The average molecular weight is 281 g/mol. The molecule has 20 heavy (non-hydrogen) atoms. The van der Waals surface area contributed by atoms with E-state index in [0.29, 0.717) is 25.5 Å². The summed E-state index contributed by atoms with van der Waals surface area (Å²) in [5.74, 6) is 2.48. The lowest BCUT2D eigenvalue weighted by molar-refractivity contribution is -0.148. The second kappa shape index (κ2) is 8.47. The molecule has 5 heteroatoms. The fourth-order valence-corrected chi connectivity index (χ4v) is 2.18. The van der Waals surface area contributed by atoms with Crippen molar-refractivity contribution in [1.82, 2.24) is 4.90 Å². The van der Waals surface area contributed by atoms with Gasteiger partial charge in [-0.15, -0.1) is 6.42 Å². The molecule has 0 spiro atoms. The molecule has 5 nitrogen and oxygen atoms in total. The summed E-state index contributed by atoms with van der Waals surface area (Å²) in [6.45, 7) is 5.09. The van der Waals surface area contributed by atoms with Gasteiger partial charge in [0.15, 0.2) is 6.61 Å². The molecule has 1 unspecified atom stereocenters. The van der Waals surface area contributed by atoms with Gasteiger partial charge in [0.2, 0.25) is 0 Å². The third kappa shape index (κ3) is 5.12. The van der Waals surface area contributed by atoms with Crippen molar-refractivity contribution in [3.05, 3.63) is 0 Å². The molecule has 0 aromatic rings. The van der Waals surface area contributed by atoms with Crippen molar-refractivity contribution in [3.8, 4) is 12.3 Å². The monoisotopic (exact) mass is 281 g/mol. The van der Waals surface area contributed by atoms with Gasteiger partial charge >= 0.3 is 12.1 Å². The van der Waals surface area contributed by atoms with E-state index < -0.39 is 12.1 Å².